The monoisotopic (exact) mass is 276 g/mol. The van der Waals surface area contributed by atoms with Crippen molar-refractivity contribution in [2.24, 2.45) is 0 Å². The zero-order chi connectivity index (χ0) is 14.7. The Kier molecular flexibility index (Phi) is 3.88. The van der Waals surface area contributed by atoms with Crippen LogP contribution < -0.4 is 10.5 Å². The Bertz CT molecular complexity index is 637. The van der Waals surface area contributed by atoms with E-state index in [4.69, 9.17) is 10.5 Å². The molecule has 2 rings (SSSR count). The first-order chi connectivity index (χ1) is 9.53. The largest absolute Gasteiger partial charge is 0.497 e. The maximum atomic E-state index is 11.4. The van der Waals surface area contributed by atoms with E-state index in [-0.39, 0.29) is 11.4 Å². The Morgan fingerprint density at radius 3 is 2.80 bits per heavy atom. The van der Waals surface area contributed by atoms with Gasteiger partial charge >= 0.3 is 5.97 Å². The lowest BCUT2D eigenvalue weighted by Crippen LogP contribution is -2.08. The number of ether oxygens (including phenoxy) is 2. The van der Waals surface area contributed by atoms with Crippen LogP contribution in [-0.4, -0.2) is 35.0 Å². The van der Waals surface area contributed by atoms with Gasteiger partial charge in [-0.15, -0.1) is 0 Å². The fourth-order valence-corrected chi connectivity index (χ4v) is 1.84. The highest BCUT2D eigenvalue weighted by molar-refractivity contribution is 5.92. The van der Waals surface area contributed by atoms with E-state index in [1.54, 1.807) is 18.0 Å². The number of pyridine rings is 1. The van der Waals surface area contributed by atoms with Crippen LogP contribution in [0.25, 0.3) is 0 Å². The van der Waals surface area contributed by atoms with Crippen LogP contribution in [0.3, 0.4) is 0 Å². The highest BCUT2D eigenvalue weighted by Crippen LogP contribution is 2.16. The predicted molar refractivity (Wildman–Crippen MR) is 72.6 cm³/mol. The first kappa shape index (κ1) is 13.9. The third kappa shape index (κ3) is 2.87. The molecule has 0 unspecified atom stereocenters. The molecule has 0 bridgehead atoms. The van der Waals surface area contributed by atoms with Crippen molar-refractivity contribution in [3.63, 3.8) is 0 Å². The van der Waals surface area contributed by atoms with E-state index < -0.39 is 5.97 Å². The number of esters is 1. The van der Waals surface area contributed by atoms with Gasteiger partial charge in [0, 0.05) is 24.0 Å². The van der Waals surface area contributed by atoms with Gasteiger partial charge in [0.2, 0.25) is 0 Å². The lowest BCUT2D eigenvalue weighted by Gasteiger charge is -2.06. The molecule has 0 amide bonds. The van der Waals surface area contributed by atoms with Crippen LogP contribution in [0.15, 0.2) is 18.3 Å². The molecule has 106 valence electrons. The Hall–Kier alpha value is -2.57. The van der Waals surface area contributed by atoms with E-state index in [1.807, 2.05) is 19.1 Å². The van der Waals surface area contributed by atoms with E-state index in [9.17, 15) is 4.79 Å². The van der Waals surface area contributed by atoms with Gasteiger partial charge in [0.25, 0.3) is 0 Å². The molecule has 0 radical (unpaired) electrons. The van der Waals surface area contributed by atoms with Crippen LogP contribution >= 0.6 is 0 Å². The van der Waals surface area contributed by atoms with E-state index in [2.05, 4.69) is 14.8 Å². The molecule has 2 N–H and O–H groups in total. The molecule has 0 fully saturated rings. The molecule has 2 aromatic rings. The van der Waals surface area contributed by atoms with Gasteiger partial charge in [-0.2, -0.15) is 5.10 Å². The maximum Gasteiger partial charge on any atom is 0.360 e. The minimum Gasteiger partial charge on any atom is -0.497 e. The highest BCUT2D eigenvalue weighted by Gasteiger charge is 2.15. The maximum absolute atomic E-state index is 11.4. The quantitative estimate of drug-likeness (QED) is 0.838. The van der Waals surface area contributed by atoms with Crippen molar-refractivity contribution >= 4 is 11.7 Å². The lowest BCUT2D eigenvalue weighted by atomic mass is 10.3. The van der Waals surface area contributed by atoms with Crippen LogP contribution in [-0.2, 0) is 11.3 Å². The van der Waals surface area contributed by atoms with Crippen molar-refractivity contribution in [2.75, 3.05) is 20.0 Å². The van der Waals surface area contributed by atoms with Crippen LogP contribution in [0, 0.1) is 6.92 Å². The molecule has 0 atom stereocenters. The van der Waals surface area contributed by atoms with Crippen molar-refractivity contribution in [3.8, 4) is 5.75 Å². The van der Waals surface area contributed by atoms with Gasteiger partial charge < -0.3 is 15.2 Å². The van der Waals surface area contributed by atoms with Crippen LogP contribution in [0.4, 0.5) is 5.69 Å². The second-order valence-electron chi connectivity index (χ2n) is 4.26. The topological polar surface area (TPSA) is 92.3 Å². The summed E-state index contributed by atoms with van der Waals surface area (Å²) < 4.78 is 11.3. The van der Waals surface area contributed by atoms with E-state index >= 15 is 0 Å². The fourth-order valence-electron chi connectivity index (χ4n) is 1.84. The summed E-state index contributed by atoms with van der Waals surface area (Å²) in [4.78, 5) is 15.8. The molecule has 2 aromatic heterocycles. The smallest absolute Gasteiger partial charge is 0.360 e. The molecule has 0 aliphatic rings. The number of carbonyl (C=O) groups is 1. The number of aryl methyl sites for hydroxylation is 1. The number of aromatic nitrogens is 3. The van der Waals surface area contributed by atoms with Gasteiger partial charge in [-0.05, 0) is 6.92 Å². The molecular formula is C13H16N4O3. The SMILES string of the molecule is COC(=O)c1nn(Cc2cc(OC)cc(C)n2)cc1N. The van der Waals surface area contributed by atoms with Crippen LogP contribution in [0.5, 0.6) is 5.75 Å². The summed E-state index contributed by atoms with van der Waals surface area (Å²) >= 11 is 0. The first-order valence-electron chi connectivity index (χ1n) is 5.96. The van der Waals surface area contributed by atoms with Crippen LogP contribution in [0.1, 0.15) is 21.9 Å². The summed E-state index contributed by atoms with van der Waals surface area (Å²) in [6.45, 7) is 2.27. The summed E-state index contributed by atoms with van der Waals surface area (Å²) in [7, 11) is 2.88. The van der Waals surface area contributed by atoms with E-state index in [0.717, 1.165) is 17.1 Å². The standard InChI is InChI=1S/C13H16N4O3/c1-8-4-10(19-2)5-9(15-8)6-17-7-11(14)12(16-17)13(18)20-3/h4-5,7H,6,14H2,1-3H3. The number of methoxy groups -OCH3 is 2. The number of carbonyl (C=O) groups excluding carboxylic acids is 1. The fraction of sp³-hybridized carbons (Fsp3) is 0.308. The normalized spacial score (nSPS) is 10.3. The average molecular weight is 276 g/mol. The Morgan fingerprint density at radius 1 is 1.40 bits per heavy atom. The number of hydrogen-bond acceptors (Lipinski definition) is 6. The Morgan fingerprint density at radius 2 is 2.15 bits per heavy atom. The molecule has 2 heterocycles. The zero-order valence-electron chi connectivity index (χ0n) is 11.6. The van der Waals surface area contributed by atoms with Crippen molar-refractivity contribution in [2.45, 2.75) is 13.5 Å². The highest BCUT2D eigenvalue weighted by atomic mass is 16.5. The molecule has 20 heavy (non-hydrogen) atoms. The van der Waals surface area contributed by atoms with Crippen molar-refractivity contribution in [1.82, 2.24) is 14.8 Å². The van der Waals surface area contributed by atoms with Crippen LogP contribution in [0.2, 0.25) is 0 Å². The van der Waals surface area contributed by atoms with Crippen molar-refractivity contribution in [3.05, 3.63) is 35.4 Å². The van der Waals surface area contributed by atoms with Gasteiger partial charge in [0.1, 0.15) is 5.75 Å². The third-order valence-electron chi connectivity index (χ3n) is 2.71. The summed E-state index contributed by atoms with van der Waals surface area (Å²) in [5.74, 6) is 0.164. The van der Waals surface area contributed by atoms with Gasteiger partial charge in [-0.25, -0.2) is 4.79 Å². The first-order valence-corrected chi connectivity index (χ1v) is 5.96. The summed E-state index contributed by atoms with van der Waals surface area (Å²) in [6, 6.07) is 3.64. The predicted octanol–water partition coefficient (Wildman–Crippen LogP) is 1.01. The van der Waals surface area contributed by atoms with Crippen molar-refractivity contribution < 1.29 is 14.3 Å². The van der Waals surface area contributed by atoms with E-state index in [0.29, 0.717) is 6.54 Å². The van der Waals surface area contributed by atoms with E-state index in [1.165, 1.54) is 7.11 Å². The molecule has 0 spiro atoms. The number of nitrogen functional groups attached to an aromatic ring is 1. The van der Waals surface area contributed by atoms with Gasteiger partial charge in [0.05, 0.1) is 32.1 Å². The molecule has 0 aromatic carbocycles. The number of hydrogen-bond donors (Lipinski definition) is 1. The molecule has 0 saturated heterocycles. The molecular weight excluding hydrogens is 260 g/mol. The second-order valence-corrected chi connectivity index (χ2v) is 4.26. The molecule has 0 aliphatic heterocycles. The summed E-state index contributed by atoms with van der Waals surface area (Å²) in [5, 5.41) is 4.10. The van der Waals surface area contributed by atoms with Gasteiger partial charge in [-0.1, -0.05) is 0 Å². The lowest BCUT2D eigenvalue weighted by molar-refractivity contribution is 0.0594. The minimum absolute atomic E-state index is 0.104. The molecule has 7 heteroatoms. The number of nitrogens with two attached hydrogens (primary N) is 1. The molecule has 7 nitrogen and oxygen atoms in total. The van der Waals surface area contributed by atoms with Gasteiger partial charge in [0.15, 0.2) is 5.69 Å². The number of nitrogens with zero attached hydrogens (tertiary/aromatic N) is 3. The summed E-state index contributed by atoms with van der Waals surface area (Å²) in [6.07, 6.45) is 1.57. The van der Waals surface area contributed by atoms with Gasteiger partial charge in [-0.3, -0.25) is 9.67 Å². The minimum atomic E-state index is -0.559. The third-order valence-corrected chi connectivity index (χ3v) is 2.71. The number of rotatable bonds is 4. The number of anilines is 1. The average Bonchev–Trinajstić information content (AvgIpc) is 2.77. The Labute approximate surface area is 116 Å². The zero-order valence-corrected chi connectivity index (χ0v) is 11.6. The second kappa shape index (κ2) is 5.60. The van der Waals surface area contributed by atoms with Crippen molar-refractivity contribution in [1.29, 1.82) is 0 Å². The summed E-state index contributed by atoms with van der Waals surface area (Å²) in [5.41, 5.74) is 7.71. The molecule has 0 aliphatic carbocycles. The Balaban J connectivity index is 2.26. The molecule has 0 saturated carbocycles.